The molecule has 0 aromatic heterocycles. The third-order valence-corrected chi connectivity index (χ3v) is 2.64. The maximum atomic E-state index is 13.6. The summed E-state index contributed by atoms with van der Waals surface area (Å²) in [6, 6.07) is 2.89. The molecule has 0 amide bonds. The minimum absolute atomic E-state index is 0.159. The molecule has 106 valence electrons. The van der Waals surface area contributed by atoms with Crippen LogP contribution in [0.25, 0.3) is 0 Å². The largest absolute Gasteiger partial charge is 0.491 e. The van der Waals surface area contributed by atoms with Gasteiger partial charge in [-0.1, -0.05) is 26.0 Å². The first-order chi connectivity index (χ1) is 8.93. The Morgan fingerprint density at radius 1 is 1.16 bits per heavy atom. The Morgan fingerprint density at radius 2 is 1.84 bits per heavy atom. The van der Waals surface area contributed by atoms with Crippen molar-refractivity contribution in [2.75, 3.05) is 13.1 Å². The Hall–Kier alpha value is -1.02. The molecule has 19 heavy (non-hydrogen) atoms. The van der Waals surface area contributed by atoms with Gasteiger partial charge < -0.3 is 20.7 Å². The van der Waals surface area contributed by atoms with Crippen LogP contribution in [0.2, 0.25) is 0 Å². The fourth-order valence-corrected chi connectivity index (χ4v) is 1.61. The summed E-state index contributed by atoms with van der Waals surface area (Å²) in [6.45, 7) is 5.59. The molecule has 4 N–H and O–H groups in total. The van der Waals surface area contributed by atoms with E-state index in [0.29, 0.717) is 12.6 Å². The molecule has 0 radical (unpaired) electrons. The second kappa shape index (κ2) is 7.54. The Labute approximate surface area is 112 Å². The third kappa shape index (κ3) is 4.87. The Morgan fingerprint density at radius 3 is 2.42 bits per heavy atom. The number of benzene rings is 1. The van der Waals surface area contributed by atoms with Gasteiger partial charge in [0.05, 0.1) is 0 Å². The van der Waals surface area contributed by atoms with Gasteiger partial charge in [-0.15, -0.1) is 0 Å². The smallest absolute Gasteiger partial charge is 0.423 e. The maximum absolute atomic E-state index is 13.6. The predicted molar refractivity (Wildman–Crippen MR) is 71.0 cm³/mol. The highest BCUT2D eigenvalue weighted by Gasteiger charge is 2.21. The van der Waals surface area contributed by atoms with E-state index in [4.69, 9.17) is 10.0 Å². The molecular formula is C12H19BF2N2O2. The molecule has 0 spiro atoms. The summed E-state index contributed by atoms with van der Waals surface area (Å²) in [6.07, 6.45) is 0. The lowest BCUT2D eigenvalue weighted by molar-refractivity contribution is 0.419. The van der Waals surface area contributed by atoms with E-state index in [1.807, 2.05) is 13.8 Å². The Bertz CT molecular complexity index is 417. The highest BCUT2D eigenvalue weighted by Crippen LogP contribution is 2.10. The molecule has 0 heterocycles. The Balaban J connectivity index is 2.53. The number of nitrogens with one attached hydrogen (secondary N) is 2. The molecule has 4 nitrogen and oxygen atoms in total. The van der Waals surface area contributed by atoms with Gasteiger partial charge in [0.15, 0.2) is 11.6 Å². The standard InChI is InChI=1S/C12H19BF2N2O2/c1-8(2)17-6-5-16-7-9-3-4-10(13(18)19)12(15)11(9)14/h3-4,8,16-19H,5-7H2,1-2H3. The van der Waals surface area contributed by atoms with Crippen molar-refractivity contribution in [3.05, 3.63) is 29.3 Å². The molecular weight excluding hydrogens is 253 g/mol. The minimum Gasteiger partial charge on any atom is -0.423 e. The molecule has 0 saturated carbocycles. The molecule has 0 aliphatic heterocycles. The van der Waals surface area contributed by atoms with Crippen LogP contribution < -0.4 is 16.1 Å². The van der Waals surface area contributed by atoms with Gasteiger partial charge in [0.25, 0.3) is 0 Å². The van der Waals surface area contributed by atoms with Gasteiger partial charge in [-0.25, -0.2) is 8.78 Å². The normalized spacial score (nSPS) is 11.1. The third-order valence-electron chi connectivity index (χ3n) is 2.64. The first kappa shape index (κ1) is 16.0. The SMILES string of the molecule is CC(C)NCCNCc1ccc(B(O)O)c(F)c1F. The van der Waals surface area contributed by atoms with E-state index in [1.165, 1.54) is 12.1 Å². The highest BCUT2D eigenvalue weighted by atomic mass is 19.2. The van der Waals surface area contributed by atoms with Gasteiger partial charge in [0.1, 0.15) is 0 Å². The second-order valence-electron chi connectivity index (χ2n) is 4.60. The minimum atomic E-state index is -2.01. The molecule has 0 atom stereocenters. The quantitative estimate of drug-likeness (QED) is 0.407. The van der Waals surface area contributed by atoms with Gasteiger partial charge in [0.2, 0.25) is 0 Å². The molecule has 0 unspecified atom stereocenters. The maximum Gasteiger partial charge on any atom is 0.491 e. The summed E-state index contributed by atoms with van der Waals surface area (Å²) in [5.41, 5.74) is -0.297. The number of rotatable bonds is 7. The lowest BCUT2D eigenvalue weighted by Gasteiger charge is -2.11. The highest BCUT2D eigenvalue weighted by molar-refractivity contribution is 6.58. The molecule has 0 aliphatic rings. The average Bonchev–Trinajstić information content (AvgIpc) is 2.33. The van der Waals surface area contributed by atoms with E-state index in [0.717, 1.165) is 6.54 Å². The van der Waals surface area contributed by atoms with Crippen molar-refractivity contribution in [1.82, 2.24) is 10.6 Å². The zero-order chi connectivity index (χ0) is 14.4. The van der Waals surface area contributed by atoms with E-state index >= 15 is 0 Å². The van der Waals surface area contributed by atoms with E-state index in [2.05, 4.69) is 10.6 Å². The first-order valence-electron chi connectivity index (χ1n) is 6.20. The summed E-state index contributed by atoms with van der Waals surface area (Å²) in [4.78, 5) is 0. The van der Waals surface area contributed by atoms with Crippen molar-refractivity contribution >= 4 is 12.6 Å². The molecule has 1 rings (SSSR count). The van der Waals surface area contributed by atoms with Crippen LogP contribution in [-0.4, -0.2) is 36.3 Å². The summed E-state index contributed by atoms with van der Waals surface area (Å²) in [5.74, 6) is -2.26. The van der Waals surface area contributed by atoms with Crippen LogP contribution in [0.15, 0.2) is 12.1 Å². The van der Waals surface area contributed by atoms with Gasteiger partial charge in [-0.05, 0) is 0 Å². The van der Waals surface area contributed by atoms with Crippen LogP contribution in [0.1, 0.15) is 19.4 Å². The van der Waals surface area contributed by atoms with Crippen molar-refractivity contribution in [3.8, 4) is 0 Å². The number of hydrogen-bond acceptors (Lipinski definition) is 4. The zero-order valence-corrected chi connectivity index (χ0v) is 11.1. The van der Waals surface area contributed by atoms with Crippen LogP contribution in [0, 0.1) is 11.6 Å². The summed E-state index contributed by atoms with van der Waals surface area (Å²) >= 11 is 0. The summed E-state index contributed by atoms with van der Waals surface area (Å²) in [5, 5.41) is 23.9. The summed E-state index contributed by atoms with van der Waals surface area (Å²) in [7, 11) is -2.01. The zero-order valence-electron chi connectivity index (χ0n) is 11.1. The number of hydrogen-bond donors (Lipinski definition) is 4. The van der Waals surface area contributed by atoms with Crippen LogP contribution >= 0.6 is 0 Å². The lowest BCUT2D eigenvalue weighted by atomic mass is 9.79. The van der Waals surface area contributed by atoms with Crippen LogP contribution in [0.4, 0.5) is 8.78 Å². The molecule has 1 aromatic carbocycles. The van der Waals surface area contributed by atoms with Gasteiger partial charge in [-0.2, -0.15) is 0 Å². The second-order valence-corrected chi connectivity index (χ2v) is 4.60. The lowest BCUT2D eigenvalue weighted by Crippen LogP contribution is -2.34. The van der Waals surface area contributed by atoms with Gasteiger partial charge in [0, 0.05) is 36.7 Å². The van der Waals surface area contributed by atoms with Gasteiger partial charge >= 0.3 is 7.12 Å². The van der Waals surface area contributed by atoms with Crippen molar-refractivity contribution in [2.24, 2.45) is 0 Å². The van der Waals surface area contributed by atoms with Crippen LogP contribution in [-0.2, 0) is 6.54 Å². The predicted octanol–water partition coefficient (Wildman–Crippen LogP) is -0.268. The van der Waals surface area contributed by atoms with Crippen LogP contribution in [0.5, 0.6) is 0 Å². The average molecular weight is 272 g/mol. The van der Waals surface area contributed by atoms with Crippen molar-refractivity contribution in [1.29, 1.82) is 0 Å². The molecule has 0 fully saturated rings. The number of halogens is 2. The van der Waals surface area contributed by atoms with E-state index in [1.54, 1.807) is 0 Å². The topological polar surface area (TPSA) is 64.5 Å². The van der Waals surface area contributed by atoms with Crippen molar-refractivity contribution in [3.63, 3.8) is 0 Å². The van der Waals surface area contributed by atoms with Gasteiger partial charge in [-0.3, -0.25) is 0 Å². The fourth-order valence-electron chi connectivity index (χ4n) is 1.61. The first-order valence-corrected chi connectivity index (χ1v) is 6.20. The molecule has 0 saturated heterocycles. The monoisotopic (exact) mass is 272 g/mol. The fraction of sp³-hybridized carbons (Fsp3) is 0.500. The molecule has 0 aliphatic carbocycles. The van der Waals surface area contributed by atoms with E-state index in [9.17, 15) is 8.78 Å². The van der Waals surface area contributed by atoms with Crippen molar-refractivity contribution in [2.45, 2.75) is 26.4 Å². The molecule has 0 bridgehead atoms. The Kier molecular flexibility index (Phi) is 6.37. The van der Waals surface area contributed by atoms with E-state index in [-0.39, 0.29) is 12.1 Å². The summed E-state index contributed by atoms with van der Waals surface area (Å²) < 4.78 is 27.1. The van der Waals surface area contributed by atoms with Crippen molar-refractivity contribution < 1.29 is 18.8 Å². The molecule has 1 aromatic rings. The van der Waals surface area contributed by atoms with Crippen LogP contribution in [0.3, 0.4) is 0 Å². The molecule has 7 heteroatoms. The van der Waals surface area contributed by atoms with E-state index < -0.39 is 24.2 Å².